The fourth-order valence-corrected chi connectivity index (χ4v) is 3.21. The maximum absolute atomic E-state index is 12.4. The molecule has 21 heavy (non-hydrogen) atoms. The lowest BCUT2D eigenvalue weighted by Gasteiger charge is -2.25. The Kier molecular flexibility index (Phi) is 4.19. The Morgan fingerprint density at radius 2 is 2.38 bits per heavy atom. The molecule has 0 aromatic carbocycles. The first kappa shape index (κ1) is 14.4. The third-order valence-electron chi connectivity index (χ3n) is 4.28. The molecule has 1 fully saturated rings. The van der Waals surface area contributed by atoms with E-state index < -0.39 is 0 Å². The molecule has 114 valence electrons. The van der Waals surface area contributed by atoms with Crippen molar-refractivity contribution in [1.82, 2.24) is 20.2 Å². The average Bonchev–Trinajstić information content (AvgIpc) is 2.95. The molecule has 3 rings (SSSR count). The van der Waals surface area contributed by atoms with E-state index in [1.165, 1.54) is 5.56 Å². The molecule has 0 spiro atoms. The molecule has 1 saturated heterocycles. The molecule has 5 nitrogen and oxygen atoms in total. The smallest absolute Gasteiger partial charge is 0.223 e. The van der Waals surface area contributed by atoms with Crippen molar-refractivity contribution in [3.63, 3.8) is 0 Å². The molecule has 1 N–H and O–H groups in total. The zero-order chi connectivity index (χ0) is 14.8. The first-order chi connectivity index (χ1) is 10.1. The number of carbonyl (C=O) groups is 1. The van der Waals surface area contributed by atoms with Crippen molar-refractivity contribution in [3.8, 4) is 0 Å². The predicted molar refractivity (Wildman–Crippen MR) is 80.6 cm³/mol. The molecule has 5 heteroatoms. The monoisotopic (exact) mass is 288 g/mol. The van der Waals surface area contributed by atoms with Crippen LogP contribution < -0.4 is 5.32 Å². The highest BCUT2D eigenvalue weighted by molar-refractivity contribution is 5.77. The van der Waals surface area contributed by atoms with Gasteiger partial charge in [0, 0.05) is 49.9 Å². The Morgan fingerprint density at radius 3 is 3.19 bits per heavy atom. The van der Waals surface area contributed by atoms with Gasteiger partial charge in [-0.3, -0.25) is 4.79 Å². The summed E-state index contributed by atoms with van der Waals surface area (Å²) in [5.74, 6) is 1.48. The average molecular weight is 288 g/mol. The van der Waals surface area contributed by atoms with Gasteiger partial charge in [0.2, 0.25) is 5.91 Å². The van der Waals surface area contributed by atoms with E-state index in [2.05, 4.69) is 24.1 Å². The molecule has 0 bridgehead atoms. The molecule has 1 aromatic rings. The number of nitrogens with zero attached hydrogens (tertiary/aromatic N) is 3. The van der Waals surface area contributed by atoms with Crippen LogP contribution in [-0.2, 0) is 17.8 Å². The lowest BCUT2D eigenvalue weighted by molar-refractivity contribution is -0.133. The normalized spacial score (nSPS) is 21.7. The summed E-state index contributed by atoms with van der Waals surface area (Å²) in [6.45, 7) is 6.86. The van der Waals surface area contributed by atoms with Crippen LogP contribution >= 0.6 is 0 Å². The highest BCUT2D eigenvalue weighted by Gasteiger charge is 2.32. The molecule has 2 aliphatic heterocycles. The molecule has 0 saturated carbocycles. The van der Waals surface area contributed by atoms with E-state index in [0.29, 0.717) is 12.3 Å². The molecule has 1 atom stereocenters. The van der Waals surface area contributed by atoms with Crippen LogP contribution in [0.15, 0.2) is 6.20 Å². The SMILES string of the molecule is CC(C)CC(=O)N1CCCC1c1ncc2c(n1)CCNC2. The van der Waals surface area contributed by atoms with Gasteiger partial charge in [0.1, 0.15) is 0 Å². The zero-order valence-corrected chi connectivity index (χ0v) is 12.9. The summed E-state index contributed by atoms with van der Waals surface area (Å²) < 4.78 is 0. The van der Waals surface area contributed by atoms with Crippen molar-refractivity contribution in [2.75, 3.05) is 13.1 Å². The Balaban J connectivity index is 1.80. The van der Waals surface area contributed by atoms with Gasteiger partial charge in [0.05, 0.1) is 6.04 Å². The maximum atomic E-state index is 12.4. The van der Waals surface area contributed by atoms with E-state index in [4.69, 9.17) is 4.98 Å². The number of likely N-dealkylation sites (tertiary alicyclic amines) is 1. The van der Waals surface area contributed by atoms with Crippen LogP contribution in [0, 0.1) is 5.92 Å². The van der Waals surface area contributed by atoms with Gasteiger partial charge >= 0.3 is 0 Å². The highest BCUT2D eigenvalue weighted by atomic mass is 16.2. The number of aromatic nitrogens is 2. The number of hydrogen-bond acceptors (Lipinski definition) is 4. The van der Waals surface area contributed by atoms with Crippen LogP contribution in [-0.4, -0.2) is 33.9 Å². The van der Waals surface area contributed by atoms with E-state index in [0.717, 1.165) is 50.4 Å². The van der Waals surface area contributed by atoms with Gasteiger partial charge in [-0.25, -0.2) is 9.97 Å². The second kappa shape index (κ2) is 6.10. The lowest BCUT2D eigenvalue weighted by Crippen LogP contribution is -2.33. The summed E-state index contributed by atoms with van der Waals surface area (Å²) in [5, 5.41) is 3.33. The molecule has 1 amide bonds. The van der Waals surface area contributed by atoms with Gasteiger partial charge in [-0.15, -0.1) is 0 Å². The second-order valence-electron chi connectivity index (χ2n) is 6.47. The second-order valence-corrected chi connectivity index (χ2v) is 6.47. The Bertz CT molecular complexity index is 529. The number of nitrogens with one attached hydrogen (secondary N) is 1. The Morgan fingerprint density at radius 1 is 1.52 bits per heavy atom. The molecule has 0 radical (unpaired) electrons. The number of amides is 1. The van der Waals surface area contributed by atoms with Crippen LogP contribution in [0.25, 0.3) is 0 Å². The third-order valence-corrected chi connectivity index (χ3v) is 4.28. The minimum absolute atomic E-state index is 0.0800. The van der Waals surface area contributed by atoms with Crippen molar-refractivity contribution in [2.45, 2.75) is 52.1 Å². The molecular formula is C16H24N4O. The first-order valence-corrected chi connectivity index (χ1v) is 8.00. The molecule has 2 aliphatic rings. The quantitative estimate of drug-likeness (QED) is 0.922. The van der Waals surface area contributed by atoms with Crippen molar-refractivity contribution in [2.24, 2.45) is 5.92 Å². The first-order valence-electron chi connectivity index (χ1n) is 8.00. The maximum Gasteiger partial charge on any atom is 0.223 e. The fraction of sp³-hybridized carbons (Fsp3) is 0.688. The van der Waals surface area contributed by atoms with Gasteiger partial charge in [-0.05, 0) is 18.8 Å². The third kappa shape index (κ3) is 3.07. The number of rotatable bonds is 3. The van der Waals surface area contributed by atoms with E-state index in [1.807, 2.05) is 11.1 Å². The lowest BCUT2D eigenvalue weighted by atomic mass is 10.1. The fourth-order valence-electron chi connectivity index (χ4n) is 3.21. The van der Waals surface area contributed by atoms with Gasteiger partial charge in [0.15, 0.2) is 5.82 Å². The summed E-state index contributed by atoms with van der Waals surface area (Å²) in [4.78, 5) is 23.7. The standard InChI is InChI=1S/C16H24N4O/c1-11(2)8-15(21)20-7-3-4-14(20)16-18-10-12-9-17-6-5-13(12)19-16/h10-11,14,17H,3-9H2,1-2H3. The Labute approximate surface area is 126 Å². The minimum atomic E-state index is 0.0800. The van der Waals surface area contributed by atoms with Crippen LogP contribution in [0.2, 0.25) is 0 Å². The Hall–Kier alpha value is -1.49. The van der Waals surface area contributed by atoms with Crippen molar-refractivity contribution >= 4 is 5.91 Å². The molecule has 0 aliphatic carbocycles. The largest absolute Gasteiger partial charge is 0.332 e. The van der Waals surface area contributed by atoms with Crippen LogP contribution in [0.4, 0.5) is 0 Å². The van der Waals surface area contributed by atoms with E-state index in [9.17, 15) is 4.79 Å². The molecule has 3 heterocycles. The summed E-state index contributed by atoms with van der Waals surface area (Å²) in [6.07, 6.45) is 5.55. The number of carbonyl (C=O) groups excluding carboxylic acids is 1. The van der Waals surface area contributed by atoms with Gasteiger partial charge in [-0.1, -0.05) is 13.8 Å². The molecular weight excluding hydrogens is 264 g/mol. The van der Waals surface area contributed by atoms with Crippen LogP contribution in [0.3, 0.4) is 0 Å². The number of hydrogen-bond donors (Lipinski definition) is 1. The minimum Gasteiger partial charge on any atom is -0.332 e. The highest BCUT2D eigenvalue weighted by Crippen LogP contribution is 2.31. The van der Waals surface area contributed by atoms with E-state index in [-0.39, 0.29) is 11.9 Å². The zero-order valence-electron chi connectivity index (χ0n) is 12.9. The van der Waals surface area contributed by atoms with E-state index in [1.54, 1.807) is 0 Å². The van der Waals surface area contributed by atoms with Crippen LogP contribution in [0.1, 0.15) is 56.2 Å². The van der Waals surface area contributed by atoms with Crippen LogP contribution in [0.5, 0.6) is 0 Å². The van der Waals surface area contributed by atoms with Gasteiger partial charge in [-0.2, -0.15) is 0 Å². The van der Waals surface area contributed by atoms with Gasteiger partial charge < -0.3 is 10.2 Å². The summed E-state index contributed by atoms with van der Waals surface area (Å²) in [6, 6.07) is 0.0800. The van der Waals surface area contributed by atoms with Gasteiger partial charge in [0.25, 0.3) is 0 Å². The topological polar surface area (TPSA) is 58.1 Å². The van der Waals surface area contributed by atoms with E-state index >= 15 is 0 Å². The van der Waals surface area contributed by atoms with Crippen molar-refractivity contribution in [3.05, 3.63) is 23.3 Å². The molecule has 1 aromatic heterocycles. The predicted octanol–water partition coefficient (Wildman–Crippen LogP) is 1.83. The summed E-state index contributed by atoms with van der Waals surface area (Å²) in [5.41, 5.74) is 2.35. The van der Waals surface area contributed by atoms with Crippen molar-refractivity contribution in [1.29, 1.82) is 0 Å². The summed E-state index contributed by atoms with van der Waals surface area (Å²) in [7, 11) is 0. The summed E-state index contributed by atoms with van der Waals surface area (Å²) >= 11 is 0. The molecule has 1 unspecified atom stereocenters. The number of fused-ring (bicyclic) bond motifs is 1. The van der Waals surface area contributed by atoms with Crippen molar-refractivity contribution < 1.29 is 4.79 Å².